The van der Waals surface area contributed by atoms with E-state index in [1.54, 1.807) is 6.08 Å². The Kier molecular flexibility index (Phi) is 4.86. The number of hydrogen-bond donors (Lipinski definition) is 1. The molecular formula is C23H19N3O2S. The molecule has 1 saturated heterocycles. The Balaban J connectivity index is 1.78. The number of benzene rings is 2. The van der Waals surface area contributed by atoms with Gasteiger partial charge in [0.25, 0.3) is 11.8 Å². The number of aryl methyl sites for hydroxylation is 1. The minimum atomic E-state index is -0.498. The van der Waals surface area contributed by atoms with Crippen molar-refractivity contribution in [1.82, 2.24) is 9.88 Å². The summed E-state index contributed by atoms with van der Waals surface area (Å²) < 4.78 is 1.92. The van der Waals surface area contributed by atoms with Crippen LogP contribution in [0.4, 0.5) is 5.69 Å². The number of nitrogens with one attached hydrogen (secondary N) is 1. The summed E-state index contributed by atoms with van der Waals surface area (Å²) in [5, 5.41) is 2.73. The van der Waals surface area contributed by atoms with Gasteiger partial charge in [-0.1, -0.05) is 30.3 Å². The average molecular weight is 401 g/mol. The van der Waals surface area contributed by atoms with Gasteiger partial charge in [0, 0.05) is 17.6 Å². The van der Waals surface area contributed by atoms with Gasteiger partial charge in [0.2, 0.25) is 0 Å². The molecule has 0 unspecified atom stereocenters. The molecule has 0 bridgehead atoms. The Morgan fingerprint density at radius 3 is 2.45 bits per heavy atom. The van der Waals surface area contributed by atoms with E-state index >= 15 is 0 Å². The molecule has 144 valence electrons. The maximum Gasteiger partial charge on any atom is 0.270 e. The zero-order chi connectivity index (χ0) is 20.5. The van der Waals surface area contributed by atoms with Crippen molar-refractivity contribution in [2.45, 2.75) is 13.8 Å². The number of nitrogens with zero attached hydrogens (tertiary/aromatic N) is 2. The molecule has 0 radical (unpaired) electrons. The summed E-state index contributed by atoms with van der Waals surface area (Å²) in [4.78, 5) is 27.3. The lowest BCUT2D eigenvalue weighted by atomic mass is 10.0. The lowest BCUT2D eigenvalue weighted by molar-refractivity contribution is -0.122. The number of para-hydroxylation sites is 1. The third-order valence-corrected chi connectivity index (χ3v) is 5.31. The molecule has 1 aliphatic heterocycles. The number of thiocarbonyl (C=S) groups is 1. The molecule has 2 aromatic carbocycles. The Bertz CT molecular complexity index is 1160. The number of anilines is 1. The van der Waals surface area contributed by atoms with E-state index in [1.807, 2.05) is 85.3 Å². The first-order valence-corrected chi connectivity index (χ1v) is 9.58. The van der Waals surface area contributed by atoms with Gasteiger partial charge < -0.3 is 4.57 Å². The first-order chi connectivity index (χ1) is 14.0. The van der Waals surface area contributed by atoms with E-state index in [4.69, 9.17) is 12.2 Å². The molecule has 6 heteroatoms. The minimum Gasteiger partial charge on any atom is -0.317 e. The fraction of sp³-hybridized carbons (Fsp3) is 0.0870. The standard InChI is InChI=1S/C23H19N3O2S/c1-15-8-6-12-20(16(15)2)26-22(28)19(21(27)24-23(26)29)14-18-11-7-13-25(18)17-9-4-3-5-10-17/h3-14H,1-2H3,(H,24,27,29)/b19-14+. The second kappa shape index (κ2) is 7.48. The maximum absolute atomic E-state index is 13.3. The third-order valence-electron chi connectivity index (χ3n) is 5.03. The van der Waals surface area contributed by atoms with E-state index in [1.165, 1.54) is 4.90 Å². The van der Waals surface area contributed by atoms with Crippen molar-refractivity contribution in [3.8, 4) is 5.69 Å². The van der Waals surface area contributed by atoms with Crippen LogP contribution in [0, 0.1) is 13.8 Å². The molecule has 2 heterocycles. The highest BCUT2D eigenvalue weighted by Crippen LogP contribution is 2.27. The normalized spacial score (nSPS) is 15.7. The first kappa shape index (κ1) is 18.8. The molecule has 0 aliphatic carbocycles. The summed E-state index contributed by atoms with van der Waals surface area (Å²) in [7, 11) is 0. The van der Waals surface area contributed by atoms with Crippen LogP contribution in [0.2, 0.25) is 0 Å². The number of hydrogen-bond acceptors (Lipinski definition) is 3. The SMILES string of the molecule is Cc1cccc(N2C(=O)/C(=C/c3cccn3-c3ccccc3)C(=O)NC2=S)c1C. The molecule has 1 N–H and O–H groups in total. The van der Waals surface area contributed by atoms with Crippen LogP contribution >= 0.6 is 12.2 Å². The van der Waals surface area contributed by atoms with Gasteiger partial charge in [-0.2, -0.15) is 0 Å². The van der Waals surface area contributed by atoms with Gasteiger partial charge in [-0.25, -0.2) is 0 Å². The molecule has 0 spiro atoms. The Morgan fingerprint density at radius 1 is 0.931 bits per heavy atom. The topological polar surface area (TPSA) is 54.3 Å². The highest BCUT2D eigenvalue weighted by molar-refractivity contribution is 7.80. The smallest absolute Gasteiger partial charge is 0.270 e. The fourth-order valence-electron chi connectivity index (χ4n) is 3.34. The average Bonchev–Trinajstić information content (AvgIpc) is 3.17. The number of amides is 2. The van der Waals surface area contributed by atoms with Crippen molar-refractivity contribution in [3.05, 3.63) is 89.3 Å². The highest BCUT2D eigenvalue weighted by atomic mass is 32.1. The summed E-state index contributed by atoms with van der Waals surface area (Å²) >= 11 is 5.31. The number of carbonyl (C=O) groups is 2. The quantitative estimate of drug-likeness (QED) is 0.411. The van der Waals surface area contributed by atoms with Crippen LogP contribution in [0.3, 0.4) is 0 Å². The van der Waals surface area contributed by atoms with Gasteiger partial charge >= 0.3 is 0 Å². The van der Waals surface area contributed by atoms with E-state index in [0.717, 1.165) is 22.5 Å². The van der Waals surface area contributed by atoms with Crippen LogP contribution in [0.1, 0.15) is 16.8 Å². The number of rotatable bonds is 3. The van der Waals surface area contributed by atoms with Crippen LogP contribution in [0.25, 0.3) is 11.8 Å². The maximum atomic E-state index is 13.3. The zero-order valence-corrected chi connectivity index (χ0v) is 16.9. The summed E-state index contributed by atoms with van der Waals surface area (Å²) in [6, 6.07) is 19.1. The monoisotopic (exact) mass is 401 g/mol. The lowest BCUT2D eigenvalue weighted by Crippen LogP contribution is -2.54. The number of aromatic nitrogens is 1. The highest BCUT2D eigenvalue weighted by Gasteiger charge is 2.35. The fourth-order valence-corrected chi connectivity index (χ4v) is 3.61. The lowest BCUT2D eigenvalue weighted by Gasteiger charge is -2.30. The molecule has 4 rings (SSSR count). The zero-order valence-electron chi connectivity index (χ0n) is 16.0. The van der Waals surface area contributed by atoms with E-state index in [9.17, 15) is 9.59 Å². The minimum absolute atomic E-state index is 0.0374. The van der Waals surface area contributed by atoms with Crippen molar-refractivity contribution < 1.29 is 9.59 Å². The van der Waals surface area contributed by atoms with E-state index < -0.39 is 11.8 Å². The van der Waals surface area contributed by atoms with Crippen LogP contribution in [-0.4, -0.2) is 21.5 Å². The predicted octanol–water partition coefficient (Wildman–Crippen LogP) is 3.93. The molecule has 5 nitrogen and oxygen atoms in total. The molecule has 3 aromatic rings. The summed E-state index contributed by atoms with van der Waals surface area (Å²) in [6.07, 6.45) is 3.49. The first-order valence-electron chi connectivity index (χ1n) is 9.18. The largest absolute Gasteiger partial charge is 0.317 e. The van der Waals surface area contributed by atoms with Crippen molar-refractivity contribution in [2.75, 3.05) is 4.90 Å². The van der Waals surface area contributed by atoms with E-state index in [-0.39, 0.29) is 10.7 Å². The molecule has 1 fully saturated rings. The van der Waals surface area contributed by atoms with Crippen molar-refractivity contribution in [2.24, 2.45) is 0 Å². The molecule has 2 amide bonds. The Hall–Kier alpha value is -3.51. The van der Waals surface area contributed by atoms with Gasteiger partial charge in [0.05, 0.1) is 5.69 Å². The van der Waals surface area contributed by atoms with Crippen LogP contribution < -0.4 is 10.2 Å². The van der Waals surface area contributed by atoms with E-state index in [2.05, 4.69) is 5.32 Å². The van der Waals surface area contributed by atoms with Crippen molar-refractivity contribution in [1.29, 1.82) is 0 Å². The molecule has 0 atom stereocenters. The molecule has 29 heavy (non-hydrogen) atoms. The third kappa shape index (κ3) is 3.39. The Labute approximate surface area is 174 Å². The molecular weight excluding hydrogens is 382 g/mol. The van der Waals surface area contributed by atoms with E-state index in [0.29, 0.717) is 5.69 Å². The number of carbonyl (C=O) groups excluding carboxylic acids is 2. The van der Waals surface area contributed by atoms with Gasteiger partial charge in [0.15, 0.2) is 5.11 Å². The van der Waals surface area contributed by atoms with Crippen LogP contribution in [0.5, 0.6) is 0 Å². The van der Waals surface area contributed by atoms with Gasteiger partial charge in [0.1, 0.15) is 5.57 Å². The second-order valence-corrected chi connectivity index (χ2v) is 7.20. The van der Waals surface area contributed by atoms with Crippen molar-refractivity contribution in [3.63, 3.8) is 0 Å². The Morgan fingerprint density at radius 2 is 1.69 bits per heavy atom. The summed E-state index contributed by atoms with van der Waals surface area (Å²) in [6.45, 7) is 3.90. The van der Waals surface area contributed by atoms with Gasteiger partial charge in [-0.05, 0) is 73.6 Å². The summed E-state index contributed by atoms with van der Waals surface area (Å²) in [5.74, 6) is -0.935. The van der Waals surface area contributed by atoms with Crippen LogP contribution in [0.15, 0.2) is 72.4 Å². The van der Waals surface area contributed by atoms with Crippen molar-refractivity contribution >= 4 is 40.9 Å². The summed E-state index contributed by atoms with van der Waals surface area (Å²) in [5.41, 5.74) is 4.35. The molecule has 1 aromatic heterocycles. The molecule has 0 saturated carbocycles. The predicted molar refractivity (Wildman–Crippen MR) is 118 cm³/mol. The van der Waals surface area contributed by atoms with Gasteiger partial charge in [-0.15, -0.1) is 0 Å². The van der Waals surface area contributed by atoms with Gasteiger partial charge in [-0.3, -0.25) is 19.8 Å². The molecule has 1 aliphatic rings. The van der Waals surface area contributed by atoms with Crippen LogP contribution in [-0.2, 0) is 9.59 Å². The second-order valence-electron chi connectivity index (χ2n) is 6.82.